The van der Waals surface area contributed by atoms with E-state index in [4.69, 9.17) is 0 Å². The monoisotopic (exact) mass is 433 g/mol. The maximum absolute atomic E-state index is 13.2. The van der Waals surface area contributed by atoms with Crippen LogP contribution in [-0.2, 0) is 12.3 Å². The zero-order chi connectivity index (χ0) is 19.3. The summed E-state index contributed by atoms with van der Waals surface area (Å²) in [7, 11) is 0. The van der Waals surface area contributed by atoms with Crippen LogP contribution in [0.4, 0.5) is 0 Å². The van der Waals surface area contributed by atoms with Gasteiger partial charge in [-0.1, -0.05) is 58.4 Å². The number of amides is 1. The van der Waals surface area contributed by atoms with Gasteiger partial charge in [0, 0.05) is 21.2 Å². The molecule has 138 valence electrons. The first-order valence-electron chi connectivity index (χ1n) is 8.90. The van der Waals surface area contributed by atoms with Crippen molar-refractivity contribution >= 4 is 32.9 Å². The number of H-pyrrole nitrogens is 1. The van der Waals surface area contributed by atoms with Gasteiger partial charge in [-0.2, -0.15) is 0 Å². The van der Waals surface area contributed by atoms with Crippen LogP contribution in [0.25, 0.3) is 11.0 Å². The van der Waals surface area contributed by atoms with E-state index in [2.05, 4.69) is 25.9 Å². The highest BCUT2D eigenvalue weighted by Crippen LogP contribution is 2.43. The van der Waals surface area contributed by atoms with Gasteiger partial charge < -0.3 is 10.1 Å². The van der Waals surface area contributed by atoms with Crippen molar-refractivity contribution in [3.8, 4) is 0 Å². The van der Waals surface area contributed by atoms with Crippen LogP contribution in [0.1, 0.15) is 27.0 Å². The van der Waals surface area contributed by atoms with Crippen LogP contribution in [-0.4, -0.2) is 25.9 Å². The van der Waals surface area contributed by atoms with Gasteiger partial charge in [-0.05, 0) is 29.8 Å². The molecular formula is C22H16BrN3O2. The average Bonchev–Trinajstić information content (AvgIpc) is 3.27. The van der Waals surface area contributed by atoms with E-state index in [1.54, 1.807) is 12.4 Å². The van der Waals surface area contributed by atoms with Crippen LogP contribution >= 0.6 is 15.9 Å². The highest BCUT2D eigenvalue weighted by Gasteiger charge is 2.49. The van der Waals surface area contributed by atoms with Gasteiger partial charge in [0.1, 0.15) is 0 Å². The van der Waals surface area contributed by atoms with Crippen molar-refractivity contribution in [2.75, 3.05) is 0 Å². The number of benzene rings is 3. The molecule has 5 nitrogen and oxygen atoms in total. The van der Waals surface area contributed by atoms with Crippen LogP contribution in [0.2, 0.25) is 0 Å². The molecule has 1 amide bonds. The van der Waals surface area contributed by atoms with Gasteiger partial charge in [0.25, 0.3) is 5.91 Å². The van der Waals surface area contributed by atoms with Gasteiger partial charge in [0.05, 0.1) is 23.9 Å². The molecule has 2 N–H and O–H groups in total. The van der Waals surface area contributed by atoms with Gasteiger partial charge in [-0.3, -0.25) is 9.69 Å². The molecule has 0 radical (unpaired) electrons. The van der Waals surface area contributed by atoms with Crippen LogP contribution in [0.15, 0.2) is 77.5 Å². The summed E-state index contributed by atoms with van der Waals surface area (Å²) in [5.74, 6) is -0.196. The quantitative estimate of drug-likeness (QED) is 0.509. The van der Waals surface area contributed by atoms with Gasteiger partial charge in [0.15, 0.2) is 5.72 Å². The van der Waals surface area contributed by atoms with Crippen molar-refractivity contribution in [2.45, 2.75) is 12.3 Å². The number of carbonyl (C=O) groups is 1. The van der Waals surface area contributed by atoms with Gasteiger partial charge >= 0.3 is 0 Å². The van der Waals surface area contributed by atoms with E-state index in [0.717, 1.165) is 21.1 Å². The van der Waals surface area contributed by atoms with Crippen molar-refractivity contribution in [3.05, 3.63) is 99.8 Å². The average molecular weight is 434 g/mol. The molecule has 1 unspecified atom stereocenters. The Morgan fingerprint density at radius 2 is 1.86 bits per heavy atom. The van der Waals surface area contributed by atoms with Crippen LogP contribution in [0.5, 0.6) is 0 Å². The van der Waals surface area contributed by atoms with E-state index in [0.29, 0.717) is 16.7 Å². The lowest BCUT2D eigenvalue weighted by Crippen LogP contribution is -2.44. The van der Waals surface area contributed by atoms with Crippen LogP contribution in [0.3, 0.4) is 0 Å². The second kappa shape index (κ2) is 6.29. The summed E-state index contributed by atoms with van der Waals surface area (Å²) in [5.41, 5.74) is 2.69. The Kier molecular flexibility index (Phi) is 3.86. The first kappa shape index (κ1) is 17.2. The van der Waals surface area contributed by atoms with Gasteiger partial charge in [0.2, 0.25) is 0 Å². The van der Waals surface area contributed by atoms with E-state index in [-0.39, 0.29) is 12.5 Å². The maximum atomic E-state index is 13.2. The molecule has 5 rings (SSSR count). The molecule has 1 aliphatic rings. The van der Waals surface area contributed by atoms with Crippen molar-refractivity contribution in [3.63, 3.8) is 0 Å². The number of aromatic nitrogens is 2. The third kappa shape index (κ3) is 2.42. The molecule has 0 bridgehead atoms. The summed E-state index contributed by atoms with van der Waals surface area (Å²) in [6.45, 7) is 0.270. The molecular weight excluding hydrogens is 418 g/mol. The van der Waals surface area contributed by atoms with Crippen molar-refractivity contribution in [1.29, 1.82) is 0 Å². The van der Waals surface area contributed by atoms with E-state index in [9.17, 15) is 9.90 Å². The SMILES string of the molecule is O=C1c2ccccc2C(O)(c2ccc3nc[nH]c3c2)N1Cc1ccccc1Br. The molecule has 0 saturated heterocycles. The Hall–Kier alpha value is -2.96. The summed E-state index contributed by atoms with van der Waals surface area (Å²) in [4.78, 5) is 22.1. The molecule has 1 atom stereocenters. The number of imidazole rings is 1. The second-order valence-corrected chi connectivity index (χ2v) is 7.69. The predicted octanol–water partition coefficient (Wildman–Crippen LogP) is 4.17. The van der Waals surface area contributed by atoms with Gasteiger partial charge in [-0.15, -0.1) is 0 Å². The largest absolute Gasteiger partial charge is 0.363 e. The summed E-state index contributed by atoms with van der Waals surface area (Å²) >= 11 is 3.55. The predicted molar refractivity (Wildman–Crippen MR) is 110 cm³/mol. The number of nitrogens with zero attached hydrogens (tertiary/aromatic N) is 2. The topological polar surface area (TPSA) is 69.2 Å². The molecule has 0 aliphatic carbocycles. The zero-order valence-electron chi connectivity index (χ0n) is 14.8. The molecule has 0 fully saturated rings. The summed E-state index contributed by atoms with van der Waals surface area (Å²) in [6, 6.07) is 20.5. The molecule has 2 heterocycles. The number of carbonyl (C=O) groups excluding carboxylic acids is 1. The molecule has 4 aromatic rings. The van der Waals surface area contributed by atoms with Crippen LogP contribution < -0.4 is 0 Å². The molecule has 0 spiro atoms. The van der Waals surface area contributed by atoms with E-state index in [1.807, 2.05) is 60.7 Å². The zero-order valence-corrected chi connectivity index (χ0v) is 16.3. The Morgan fingerprint density at radius 1 is 1.07 bits per heavy atom. The normalized spacial score (nSPS) is 18.6. The molecule has 6 heteroatoms. The minimum atomic E-state index is -1.57. The third-order valence-electron chi connectivity index (χ3n) is 5.28. The third-order valence-corrected chi connectivity index (χ3v) is 6.05. The van der Waals surface area contributed by atoms with E-state index in [1.165, 1.54) is 4.90 Å². The van der Waals surface area contributed by atoms with Crippen molar-refractivity contribution in [1.82, 2.24) is 14.9 Å². The minimum absolute atomic E-state index is 0.196. The highest BCUT2D eigenvalue weighted by molar-refractivity contribution is 9.10. The number of aliphatic hydroxyl groups is 1. The lowest BCUT2D eigenvalue weighted by atomic mass is 9.93. The summed E-state index contributed by atoms with van der Waals surface area (Å²) < 4.78 is 0.894. The fraction of sp³-hybridized carbons (Fsp3) is 0.0909. The smallest absolute Gasteiger partial charge is 0.257 e. The first-order chi connectivity index (χ1) is 13.6. The number of rotatable bonds is 3. The number of fused-ring (bicyclic) bond motifs is 2. The molecule has 3 aromatic carbocycles. The standard InChI is InChI=1S/C22H16BrN3O2/c23-18-8-4-1-5-14(18)12-26-21(27)16-6-2-3-7-17(16)22(26,28)15-9-10-19-20(11-15)25-13-24-19/h1-11,13,28H,12H2,(H,24,25). The number of hydrogen-bond donors (Lipinski definition) is 2. The molecule has 1 aliphatic heterocycles. The summed E-state index contributed by atoms with van der Waals surface area (Å²) in [5, 5.41) is 11.9. The Morgan fingerprint density at radius 3 is 2.71 bits per heavy atom. The lowest BCUT2D eigenvalue weighted by Gasteiger charge is -2.35. The molecule has 28 heavy (non-hydrogen) atoms. The first-order valence-corrected chi connectivity index (χ1v) is 9.69. The van der Waals surface area contributed by atoms with Crippen molar-refractivity contribution < 1.29 is 9.90 Å². The van der Waals surface area contributed by atoms with Crippen LogP contribution in [0, 0.1) is 0 Å². The Labute approximate surface area is 169 Å². The fourth-order valence-electron chi connectivity index (χ4n) is 3.86. The minimum Gasteiger partial charge on any atom is -0.363 e. The van der Waals surface area contributed by atoms with E-state index < -0.39 is 5.72 Å². The number of hydrogen-bond acceptors (Lipinski definition) is 3. The molecule has 0 saturated carbocycles. The van der Waals surface area contributed by atoms with Crippen molar-refractivity contribution in [2.24, 2.45) is 0 Å². The highest BCUT2D eigenvalue weighted by atomic mass is 79.9. The molecule has 1 aromatic heterocycles. The maximum Gasteiger partial charge on any atom is 0.257 e. The Balaban J connectivity index is 1.70. The summed E-state index contributed by atoms with van der Waals surface area (Å²) in [6.07, 6.45) is 1.62. The fourth-order valence-corrected chi connectivity index (χ4v) is 4.27. The Bertz CT molecular complexity index is 1220. The number of nitrogens with one attached hydrogen (secondary N) is 1. The lowest BCUT2D eigenvalue weighted by molar-refractivity contribution is -0.0542. The van der Waals surface area contributed by atoms with E-state index >= 15 is 0 Å². The second-order valence-electron chi connectivity index (χ2n) is 6.83. The number of aromatic amines is 1. The number of halogens is 1. The van der Waals surface area contributed by atoms with Gasteiger partial charge in [-0.25, -0.2) is 4.98 Å².